The van der Waals surface area contributed by atoms with Gasteiger partial charge in [-0.2, -0.15) is 0 Å². The van der Waals surface area contributed by atoms with Crippen LogP contribution in [0.25, 0.3) is 56.7 Å². The quantitative estimate of drug-likeness (QED) is 0.128. The molecule has 4 heteroatoms. The van der Waals surface area contributed by atoms with Crippen LogP contribution in [0.5, 0.6) is 0 Å². The van der Waals surface area contributed by atoms with E-state index in [1.807, 2.05) is 0 Å². The van der Waals surface area contributed by atoms with Crippen LogP contribution in [-0.4, -0.2) is 5.92 Å². The summed E-state index contributed by atoms with van der Waals surface area (Å²) < 4.78 is 0.0445. The van der Waals surface area contributed by atoms with Crippen LogP contribution >= 0.6 is 17.0 Å². The monoisotopic (exact) mass is 809 g/mol. The van der Waals surface area contributed by atoms with Gasteiger partial charge >= 0.3 is 321 Å². The molecule has 2 aliphatic rings. The number of hydrogen-bond acceptors (Lipinski definition) is 0. The number of benzene rings is 6. The molecule has 52 heavy (non-hydrogen) atoms. The molecule has 0 radical (unpaired) electrons. The molecule has 6 aromatic rings. The molecule has 0 saturated heterocycles. The minimum atomic E-state index is -5.03. The van der Waals surface area contributed by atoms with Gasteiger partial charge < -0.3 is 0 Å². The Labute approximate surface area is 318 Å². The van der Waals surface area contributed by atoms with E-state index in [0.717, 1.165) is 12.8 Å². The van der Waals surface area contributed by atoms with Crippen LogP contribution in [-0.2, 0) is 15.6 Å². The van der Waals surface area contributed by atoms with Crippen molar-refractivity contribution in [1.29, 1.82) is 0 Å². The second kappa shape index (κ2) is 14.0. The first-order valence-electron chi connectivity index (χ1n) is 18.8. The average Bonchev–Trinajstić information content (AvgIpc) is 3.78. The Morgan fingerprint density at radius 2 is 0.788 bits per heavy atom. The van der Waals surface area contributed by atoms with Crippen LogP contribution in [0.2, 0.25) is 13.1 Å². The fraction of sp³-hybridized carbons (Fsp3) is 0.167. The van der Waals surface area contributed by atoms with Crippen molar-refractivity contribution in [1.82, 2.24) is 0 Å². The fourth-order valence-electron chi connectivity index (χ4n) is 9.14. The zero-order chi connectivity index (χ0) is 36.1. The number of halogens is 2. The predicted molar refractivity (Wildman–Crippen MR) is 227 cm³/mol. The Bertz CT molecular complexity index is 2170. The van der Waals surface area contributed by atoms with E-state index in [1.54, 1.807) is 0 Å². The van der Waals surface area contributed by atoms with Gasteiger partial charge in [0.2, 0.25) is 0 Å². The summed E-state index contributed by atoms with van der Waals surface area (Å²) in [7, 11) is 17.8. The van der Waals surface area contributed by atoms with Crippen molar-refractivity contribution in [3.05, 3.63) is 179 Å². The molecule has 0 nitrogen and oxygen atoms in total. The molecule has 0 bridgehead atoms. The summed E-state index contributed by atoms with van der Waals surface area (Å²) in [6.45, 7) is 9.52. The molecule has 6 aromatic carbocycles. The molecule has 0 N–H and O–H groups in total. The first-order chi connectivity index (χ1) is 25.2. The molecule has 0 spiro atoms. The summed E-state index contributed by atoms with van der Waals surface area (Å²) in [5.74, 6) is -1.74. The molecule has 2 atom stereocenters. The third-order valence-corrected chi connectivity index (χ3v) is 63.7. The Hall–Kier alpha value is -3.52. The zero-order valence-electron chi connectivity index (χ0n) is 30.4. The van der Waals surface area contributed by atoms with Crippen LogP contribution in [0.3, 0.4) is 0 Å². The maximum absolute atomic E-state index is 8.89. The maximum atomic E-state index is 8.89. The SMILES string of the molecule is CCC1=Cc2c(-c3ccccc3)cc(-c3ccccc3)cc2[CH]1[Zr]([Cl])([Cl])([CH]1C(CC)=Cc2c(-c3ccccc3)cc(-c3ccccc3)cc21)[SiH](C)C. The number of rotatable bonds is 9. The topological polar surface area (TPSA) is 0 Å². The molecular weight excluding hydrogens is 767 g/mol. The van der Waals surface area contributed by atoms with Gasteiger partial charge in [0.15, 0.2) is 0 Å². The molecule has 2 aliphatic carbocycles. The van der Waals surface area contributed by atoms with Crippen molar-refractivity contribution in [2.75, 3.05) is 0 Å². The van der Waals surface area contributed by atoms with Gasteiger partial charge in [-0.25, -0.2) is 0 Å². The molecule has 0 fully saturated rings. The minimum absolute atomic E-state index is 0.0222. The molecule has 0 saturated carbocycles. The van der Waals surface area contributed by atoms with Crippen molar-refractivity contribution in [3.63, 3.8) is 0 Å². The van der Waals surface area contributed by atoms with Gasteiger partial charge in [-0.1, -0.05) is 0 Å². The van der Waals surface area contributed by atoms with Crippen molar-refractivity contribution in [2.24, 2.45) is 0 Å². The van der Waals surface area contributed by atoms with Gasteiger partial charge in [0, 0.05) is 0 Å². The summed E-state index contributed by atoms with van der Waals surface area (Å²) in [4.78, 5) is 0. The van der Waals surface area contributed by atoms with Crippen molar-refractivity contribution in [2.45, 2.75) is 47.0 Å². The summed E-state index contributed by atoms with van der Waals surface area (Å²) in [6.07, 6.45) is 6.80. The second-order valence-corrected chi connectivity index (χ2v) is 57.4. The van der Waals surface area contributed by atoms with Crippen LogP contribution in [0.1, 0.15) is 56.2 Å². The van der Waals surface area contributed by atoms with Gasteiger partial charge in [-0.15, -0.1) is 0 Å². The first-order valence-corrected chi connectivity index (χ1v) is 35.1. The van der Waals surface area contributed by atoms with Crippen LogP contribution in [0.4, 0.5) is 0 Å². The summed E-state index contributed by atoms with van der Waals surface area (Å²) in [6, 6.07) is 53.0. The molecule has 0 aromatic heterocycles. The fourth-order valence-corrected chi connectivity index (χ4v) is 40.9. The summed E-state index contributed by atoms with van der Waals surface area (Å²) in [5, 5.41) is 0. The normalized spacial score (nSPS) is 17.2. The predicted octanol–water partition coefficient (Wildman–Crippen LogP) is 14.7. The van der Waals surface area contributed by atoms with E-state index in [9.17, 15) is 0 Å². The van der Waals surface area contributed by atoms with E-state index < -0.39 is 21.5 Å². The number of fused-ring (bicyclic) bond motifs is 2. The Balaban J connectivity index is 1.42. The van der Waals surface area contributed by atoms with Crippen LogP contribution < -0.4 is 0 Å². The molecule has 0 heterocycles. The molecular formula is C48H45Cl2SiZr. The third kappa shape index (κ3) is 5.82. The second-order valence-electron chi connectivity index (χ2n) is 14.9. The summed E-state index contributed by atoms with van der Waals surface area (Å²) >= 11 is -5.03. The standard InChI is InChI=1S/2C23H19.C2H7Si.2ClH.Zr/c2*1-2-17-13-21-15-20(18-9-5-3-6-10-18)16-23(22(21)14-17)19-11-7-4-8-12-19;1-3-2;;;/h2*3-16H,2H2,1H3;3H,1-2H3;2*1H;/q;;;;;+2/p-2. The summed E-state index contributed by atoms with van der Waals surface area (Å²) in [5.41, 5.74) is 17.9. The first kappa shape index (κ1) is 35.5. The third-order valence-electron chi connectivity index (χ3n) is 11.9. The van der Waals surface area contributed by atoms with E-state index in [-0.39, 0.29) is 7.25 Å². The van der Waals surface area contributed by atoms with Crippen molar-refractivity contribution < 1.29 is 15.6 Å². The van der Waals surface area contributed by atoms with Gasteiger partial charge in [-0.05, 0) is 0 Å². The van der Waals surface area contributed by atoms with Gasteiger partial charge in [0.25, 0.3) is 0 Å². The molecule has 8 rings (SSSR count). The Morgan fingerprint density at radius 1 is 0.462 bits per heavy atom. The number of hydrogen-bond donors (Lipinski definition) is 0. The van der Waals surface area contributed by atoms with Crippen LogP contribution in [0, 0.1) is 0 Å². The van der Waals surface area contributed by atoms with E-state index in [1.165, 1.54) is 77.9 Å². The Morgan fingerprint density at radius 3 is 1.10 bits per heavy atom. The van der Waals surface area contributed by atoms with E-state index in [0.29, 0.717) is 0 Å². The average molecular weight is 812 g/mol. The van der Waals surface area contributed by atoms with E-state index >= 15 is 0 Å². The van der Waals surface area contributed by atoms with Crippen molar-refractivity contribution in [3.8, 4) is 44.5 Å². The van der Waals surface area contributed by atoms with E-state index in [2.05, 4.69) is 185 Å². The van der Waals surface area contributed by atoms with Gasteiger partial charge in [0.05, 0.1) is 0 Å². The van der Waals surface area contributed by atoms with Gasteiger partial charge in [0.1, 0.15) is 0 Å². The zero-order valence-corrected chi connectivity index (χ0v) is 35.5. The van der Waals surface area contributed by atoms with Crippen LogP contribution in [0.15, 0.2) is 157 Å². The number of allylic oxidation sites excluding steroid dienone is 2. The molecule has 2 unspecified atom stereocenters. The molecule has 0 aliphatic heterocycles. The molecule has 0 amide bonds. The van der Waals surface area contributed by atoms with Gasteiger partial charge in [-0.3, -0.25) is 0 Å². The van der Waals surface area contributed by atoms with E-state index in [4.69, 9.17) is 17.0 Å². The molecule has 259 valence electrons. The Kier molecular flexibility index (Phi) is 9.59. The van der Waals surface area contributed by atoms with Crippen molar-refractivity contribution >= 4 is 35.1 Å².